The van der Waals surface area contributed by atoms with E-state index in [1.807, 2.05) is 38.1 Å². The molecule has 0 aromatic heterocycles. The quantitative estimate of drug-likeness (QED) is 0.288. The normalized spacial score (nSPS) is 10.7. The zero-order valence-electron chi connectivity index (χ0n) is 17.8. The molecule has 0 aliphatic heterocycles. The minimum absolute atomic E-state index is 0.00972. The van der Waals surface area contributed by atoms with Crippen molar-refractivity contribution in [1.82, 2.24) is 0 Å². The van der Waals surface area contributed by atoms with E-state index in [0.29, 0.717) is 29.5 Å². The number of nitrogens with one attached hydrogen (secondary N) is 1. The highest BCUT2D eigenvalue weighted by atomic mass is 16.6. The topological polar surface area (TPSA) is 103 Å². The molecule has 164 valence electrons. The lowest BCUT2D eigenvalue weighted by atomic mass is 10.2. The summed E-state index contributed by atoms with van der Waals surface area (Å²) in [6, 6.07) is 18.7. The standard InChI is InChI=1S/C24H23N3O5/c1-3-31-23-14-18(15-25-19-9-11-21(12-10-19)27(29)30)6-13-22(23)32-16-24(28)26-20-7-4-17(2)5-8-20/h4-15H,3,16H2,1-2H3,(H,26,28). The first kappa shape index (κ1) is 22.5. The van der Waals surface area contributed by atoms with Gasteiger partial charge in [0.25, 0.3) is 11.6 Å². The van der Waals surface area contributed by atoms with Crippen LogP contribution in [0.3, 0.4) is 0 Å². The van der Waals surface area contributed by atoms with E-state index in [-0.39, 0.29) is 18.2 Å². The highest BCUT2D eigenvalue weighted by Gasteiger charge is 2.10. The number of amides is 1. The van der Waals surface area contributed by atoms with Crippen molar-refractivity contribution in [2.45, 2.75) is 13.8 Å². The van der Waals surface area contributed by atoms with Crippen LogP contribution in [0.5, 0.6) is 11.5 Å². The number of rotatable bonds is 9. The third-order valence-corrected chi connectivity index (χ3v) is 4.38. The van der Waals surface area contributed by atoms with Crippen LogP contribution in [0.25, 0.3) is 0 Å². The summed E-state index contributed by atoms with van der Waals surface area (Å²) >= 11 is 0. The zero-order chi connectivity index (χ0) is 22.9. The van der Waals surface area contributed by atoms with E-state index in [4.69, 9.17) is 9.47 Å². The Kier molecular flexibility index (Phi) is 7.53. The molecule has 0 aliphatic rings. The van der Waals surface area contributed by atoms with Crippen LogP contribution in [0.1, 0.15) is 18.1 Å². The molecule has 3 aromatic carbocycles. The van der Waals surface area contributed by atoms with Crippen molar-refractivity contribution in [3.8, 4) is 11.5 Å². The molecule has 0 radical (unpaired) electrons. The van der Waals surface area contributed by atoms with Gasteiger partial charge in [-0.25, -0.2) is 0 Å². The summed E-state index contributed by atoms with van der Waals surface area (Å²) < 4.78 is 11.3. The molecule has 0 atom stereocenters. The molecular formula is C24H23N3O5. The molecule has 0 heterocycles. The number of hydrogen-bond donors (Lipinski definition) is 1. The van der Waals surface area contributed by atoms with Gasteiger partial charge in [0.05, 0.1) is 17.2 Å². The maximum Gasteiger partial charge on any atom is 0.269 e. The number of anilines is 1. The van der Waals surface area contributed by atoms with Crippen molar-refractivity contribution in [3.05, 3.63) is 88.0 Å². The third kappa shape index (κ3) is 6.40. The second-order valence-electron chi connectivity index (χ2n) is 6.87. The summed E-state index contributed by atoms with van der Waals surface area (Å²) in [5.74, 6) is 0.654. The van der Waals surface area contributed by atoms with Gasteiger partial charge in [0.2, 0.25) is 0 Å². The van der Waals surface area contributed by atoms with Gasteiger partial charge in [-0.3, -0.25) is 19.9 Å². The van der Waals surface area contributed by atoms with Gasteiger partial charge in [0.15, 0.2) is 18.1 Å². The predicted octanol–water partition coefficient (Wildman–Crippen LogP) is 5.07. The molecule has 0 fully saturated rings. The average Bonchev–Trinajstić information content (AvgIpc) is 2.79. The van der Waals surface area contributed by atoms with E-state index in [2.05, 4.69) is 10.3 Å². The zero-order valence-corrected chi connectivity index (χ0v) is 17.8. The third-order valence-electron chi connectivity index (χ3n) is 4.38. The van der Waals surface area contributed by atoms with Crippen LogP contribution in [-0.4, -0.2) is 30.3 Å². The first-order valence-electron chi connectivity index (χ1n) is 9.99. The van der Waals surface area contributed by atoms with E-state index in [1.54, 1.807) is 36.5 Å². The molecule has 0 saturated carbocycles. The van der Waals surface area contributed by atoms with Crippen LogP contribution in [0.15, 0.2) is 71.7 Å². The summed E-state index contributed by atoms with van der Waals surface area (Å²) in [4.78, 5) is 26.8. The van der Waals surface area contributed by atoms with Gasteiger partial charge in [-0.15, -0.1) is 0 Å². The maximum atomic E-state index is 12.2. The van der Waals surface area contributed by atoms with E-state index in [1.165, 1.54) is 12.1 Å². The summed E-state index contributed by atoms with van der Waals surface area (Å²) in [6.45, 7) is 4.09. The van der Waals surface area contributed by atoms with E-state index >= 15 is 0 Å². The Morgan fingerprint density at radius 2 is 1.75 bits per heavy atom. The number of nitro groups is 1. The lowest BCUT2D eigenvalue weighted by Gasteiger charge is -2.12. The van der Waals surface area contributed by atoms with Crippen molar-refractivity contribution in [2.24, 2.45) is 4.99 Å². The van der Waals surface area contributed by atoms with Crippen molar-refractivity contribution < 1.29 is 19.2 Å². The first-order chi connectivity index (χ1) is 15.4. The largest absolute Gasteiger partial charge is 0.490 e. The fourth-order valence-corrected chi connectivity index (χ4v) is 2.78. The van der Waals surface area contributed by atoms with Gasteiger partial charge in [-0.1, -0.05) is 17.7 Å². The highest BCUT2D eigenvalue weighted by Crippen LogP contribution is 2.28. The van der Waals surface area contributed by atoms with Crippen LogP contribution in [0.2, 0.25) is 0 Å². The Morgan fingerprint density at radius 1 is 1.03 bits per heavy atom. The summed E-state index contributed by atoms with van der Waals surface area (Å²) in [5, 5.41) is 13.5. The number of aryl methyl sites for hydroxylation is 1. The Morgan fingerprint density at radius 3 is 2.41 bits per heavy atom. The number of carbonyl (C=O) groups excluding carboxylic acids is 1. The molecule has 0 unspecified atom stereocenters. The molecule has 3 aromatic rings. The van der Waals surface area contributed by atoms with E-state index in [0.717, 1.165) is 11.1 Å². The smallest absolute Gasteiger partial charge is 0.269 e. The van der Waals surface area contributed by atoms with Gasteiger partial charge < -0.3 is 14.8 Å². The van der Waals surface area contributed by atoms with Crippen LogP contribution in [-0.2, 0) is 4.79 Å². The van der Waals surface area contributed by atoms with Crippen LogP contribution in [0, 0.1) is 17.0 Å². The van der Waals surface area contributed by atoms with Crippen molar-refractivity contribution >= 4 is 29.2 Å². The molecule has 0 bridgehead atoms. The van der Waals surface area contributed by atoms with Crippen molar-refractivity contribution in [1.29, 1.82) is 0 Å². The average molecular weight is 433 g/mol. The summed E-state index contributed by atoms with van der Waals surface area (Å²) in [6.07, 6.45) is 1.62. The predicted molar refractivity (Wildman–Crippen MR) is 123 cm³/mol. The number of nitrogens with zero attached hydrogens (tertiary/aromatic N) is 2. The Hall–Kier alpha value is -4.20. The lowest BCUT2D eigenvalue weighted by Crippen LogP contribution is -2.20. The van der Waals surface area contributed by atoms with E-state index in [9.17, 15) is 14.9 Å². The number of nitro benzene ring substituents is 1. The van der Waals surface area contributed by atoms with Crippen LogP contribution < -0.4 is 14.8 Å². The Balaban J connectivity index is 1.65. The molecule has 0 aliphatic carbocycles. The minimum atomic E-state index is -0.457. The minimum Gasteiger partial charge on any atom is -0.490 e. The van der Waals surface area contributed by atoms with E-state index < -0.39 is 4.92 Å². The second kappa shape index (κ2) is 10.7. The number of non-ortho nitro benzene ring substituents is 1. The maximum absolute atomic E-state index is 12.2. The second-order valence-corrected chi connectivity index (χ2v) is 6.87. The van der Waals surface area contributed by atoms with Gasteiger partial charge >= 0.3 is 0 Å². The molecule has 0 saturated heterocycles. The fourth-order valence-electron chi connectivity index (χ4n) is 2.78. The van der Waals surface area contributed by atoms with Gasteiger partial charge in [0.1, 0.15) is 0 Å². The SMILES string of the molecule is CCOc1cc(C=Nc2ccc([N+](=O)[O-])cc2)ccc1OCC(=O)Nc1ccc(C)cc1. The molecule has 3 rings (SSSR count). The number of carbonyl (C=O) groups is 1. The molecular weight excluding hydrogens is 410 g/mol. The van der Waals surface area contributed by atoms with Gasteiger partial charge in [-0.05, 0) is 61.9 Å². The van der Waals surface area contributed by atoms with Gasteiger partial charge in [0, 0.05) is 24.0 Å². The lowest BCUT2D eigenvalue weighted by molar-refractivity contribution is -0.384. The van der Waals surface area contributed by atoms with Crippen molar-refractivity contribution in [3.63, 3.8) is 0 Å². The Bertz CT molecular complexity index is 1110. The van der Waals surface area contributed by atoms with Crippen molar-refractivity contribution in [2.75, 3.05) is 18.5 Å². The molecule has 8 nitrogen and oxygen atoms in total. The molecule has 8 heteroatoms. The van der Waals surface area contributed by atoms with Gasteiger partial charge in [-0.2, -0.15) is 0 Å². The highest BCUT2D eigenvalue weighted by molar-refractivity contribution is 5.92. The first-order valence-corrected chi connectivity index (χ1v) is 9.99. The number of hydrogen-bond acceptors (Lipinski definition) is 6. The molecule has 32 heavy (non-hydrogen) atoms. The summed E-state index contributed by atoms with van der Waals surface area (Å²) in [7, 11) is 0. The van der Waals surface area contributed by atoms with Crippen LogP contribution in [0.4, 0.5) is 17.1 Å². The number of ether oxygens (including phenoxy) is 2. The summed E-state index contributed by atoms with van der Waals surface area (Å²) in [5.41, 5.74) is 3.16. The number of aliphatic imine (C=N–C) groups is 1. The Labute approximate surface area is 185 Å². The fraction of sp³-hybridized carbons (Fsp3) is 0.167. The molecule has 1 N–H and O–H groups in total. The number of benzene rings is 3. The van der Waals surface area contributed by atoms with Crippen LogP contribution >= 0.6 is 0 Å². The molecule has 1 amide bonds. The monoisotopic (exact) mass is 433 g/mol. The molecule has 0 spiro atoms.